The Morgan fingerprint density at radius 2 is 2.38 bits per heavy atom. The van der Waals surface area contributed by atoms with Crippen molar-refractivity contribution in [3.8, 4) is 0 Å². The molecule has 3 N–H and O–H groups in total. The molecule has 2 rings (SSSR count). The van der Waals surface area contributed by atoms with Gasteiger partial charge in [0, 0.05) is 6.20 Å². The van der Waals surface area contributed by atoms with E-state index in [0.29, 0.717) is 12.5 Å². The van der Waals surface area contributed by atoms with Crippen LogP contribution < -0.4 is 11.1 Å². The molecule has 0 bridgehead atoms. The van der Waals surface area contributed by atoms with Gasteiger partial charge in [0.05, 0.1) is 17.8 Å². The van der Waals surface area contributed by atoms with Crippen molar-refractivity contribution < 1.29 is 0 Å². The molecule has 0 amide bonds. The lowest BCUT2D eigenvalue weighted by atomic mass is 9.98. The number of nitrogens with zero attached hydrogens (tertiary/aromatic N) is 2. The van der Waals surface area contributed by atoms with Crippen molar-refractivity contribution in [3.63, 3.8) is 0 Å². The van der Waals surface area contributed by atoms with Gasteiger partial charge in [-0.15, -0.1) is 0 Å². The molecule has 0 saturated carbocycles. The molecule has 2 heterocycles. The third kappa shape index (κ3) is 1.35. The summed E-state index contributed by atoms with van der Waals surface area (Å²) in [6.07, 6.45) is 1.77. The average Bonchev–Trinajstić information content (AvgIpc) is 2.49. The summed E-state index contributed by atoms with van der Waals surface area (Å²) >= 11 is 0. The smallest absolute Gasteiger partial charge is 0.189 e. The van der Waals surface area contributed by atoms with Gasteiger partial charge >= 0.3 is 0 Å². The molecule has 4 heteroatoms. The first-order valence-corrected chi connectivity index (χ1v) is 4.20. The van der Waals surface area contributed by atoms with Crippen LogP contribution in [0.4, 0.5) is 0 Å². The van der Waals surface area contributed by atoms with E-state index >= 15 is 0 Å². The van der Waals surface area contributed by atoms with Gasteiger partial charge in [0.15, 0.2) is 5.96 Å². The lowest BCUT2D eigenvalue weighted by Gasteiger charge is -2.22. The number of nitrogens with one attached hydrogen (secondary N) is 1. The average molecular weight is 176 g/mol. The third-order valence-corrected chi connectivity index (χ3v) is 2.20. The van der Waals surface area contributed by atoms with E-state index in [4.69, 9.17) is 5.73 Å². The van der Waals surface area contributed by atoms with E-state index < -0.39 is 0 Å². The number of aliphatic imine (C=N–C) groups is 1. The second-order valence-electron chi connectivity index (χ2n) is 3.37. The van der Waals surface area contributed by atoms with E-state index in [-0.39, 0.29) is 5.54 Å². The van der Waals surface area contributed by atoms with Crippen LogP contribution in [0, 0.1) is 0 Å². The van der Waals surface area contributed by atoms with Gasteiger partial charge < -0.3 is 11.1 Å². The molecule has 0 aromatic carbocycles. The minimum atomic E-state index is -0.231. The molecule has 1 atom stereocenters. The molecule has 68 valence electrons. The molecule has 0 saturated heterocycles. The van der Waals surface area contributed by atoms with Gasteiger partial charge in [0.1, 0.15) is 0 Å². The van der Waals surface area contributed by atoms with Crippen LogP contribution in [0.25, 0.3) is 0 Å². The molecule has 1 aliphatic heterocycles. The number of guanidine groups is 1. The highest BCUT2D eigenvalue weighted by molar-refractivity contribution is 5.80. The molecule has 0 spiro atoms. The number of hydrogen-bond acceptors (Lipinski definition) is 4. The Hall–Kier alpha value is -1.58. The third-order valence-electron chi connectivity index (χ3n) is 2.20. The highest BCUT2D eigenvalue weighted by Gasteiger charge is 2.32. The summed E-state index contributed by atoms with van der Waals surface area (Å²) < 4.78 is 0. The molecule has 1 aromatic heterocycles. The van der Waals surface area contributed by atoms with Crippen LogP contribution in [-0.4, -0.2) is 17.5 Å². The lowest BCUT2D eigenvalue weighted by Crippen LogP contribution is -2.43. The van der Waals surface area contributed by atoms with E-state index in [9.17, 15) is 0 Å². The van der Waals surface area contributed by atoms with E-state index in [1.165, 1.54) is 0 Å². The quantitative estimate of drug-likeness (QED) is 0.643. The number of pyridine rings is 1. The minimum absolute atomic E-state index is 0.231. The molecule has 1 aliphatic rings. The fourth-order valence-corrected chi connectivity index (χ4v) is 1.44. The van der Waals surface area contributed by atoms with Crippen LogP contribution >= 0.6 is 0 Å². The first-order valence-electron chi connectivity index (χ1n) is 4.20. The van der Waals surface area contributed by atoms with E-state index in [2.05, 4.69) is 15.3 Å². The minimum Gasteiger partial charge on any atom is -0.370 e. The van der Waals surface area contributed by atoms with Crippen LogP contribution in [-0.2, 0) is 5.54 Å². The highest BCUT2D eigenvalue weighted by atomic mass is 15.2. The molecule has 0 radical (unpaired) electrons. The van der Waals surface area contributed by atoms with Crippen LogP contribution in [0.3, 0.4) is 0 Å². The summed E-state index contributed by atoms with van der Waals surface area (Å²) in [4.78, 5) is 8.38. The van der Waals surface area contributed by atoms with Gasteiger partial charge in [-0.3, -0.25) is 9.98 Å². The van der Waals surface area contributed by atoms with Gasteiger partial charge in [0.25, 0.3) is 0 Å². The molecular formula is C9H12N4. The Labute approximate surface area is 76.9 Å². The predicted molar refractivity (Wildman–Crippen MR) is 51.2 cm³/mol. The maximum Gasteiger partial charge on any atom is 0.189 e. The number of hydrogen-bond donors (Lipinski definition) is 2. The second kappa shape index (κ2) is 2.73. The van der Waals surface area contributed by atoms with Crippen molar-refractivity contribution in [1.29, 1.82) is 0 Å². The van der Waals surface area contributed by atoms with Gasteiger partial charge in [-0.05, 0) is 19.1 Å². The Morgan fingerprint density at radius 3 is 2.92 bits per heavy atom. The van der Waals surface area contributed by atoms with Crippen molar-refractivity contribution in [3.05, 3.63) is 30.1 Å². The standard InChI is InChI=1S/C9H12N4/c1-9(6-12-8(10)13-9)7-4-2-3-5-11-7/h2-5H,6H2,1H3,(H3,10,12,13). The fraction of sp³-hybridized carbons (Fsp3) is 0.333. The topological polar surface area (TPSA) is 63.3 Å². The summed E-state index contributed by atoms with van der Waals surface area (Å²) in [5.41, 5.74) is 6.30. The van der Waals surface area contributed by atoms with Crippen LogP contribution in [0.15, 0.2) is 29.4 Å². The maximum atomic E-state index is 5.56. The van der Waals surface area contributed by atoms with Crippen molar-refractivity contribution in [2.24, 2.45) is 10.7 Å². The first-order chi connectivity index (χ1) is 6.21. The Balaban J connectivity index is 2.28. The molecule has 13 heavy (non-hydrogen) atoms. The first kappa shape index (κ1) is 8.04. The molecular weight excluding hydrogens is 164 g/mol. The predicted octanol–water partition coefficient (Wildman–Crippen LogP) is 0.215. The molecule has 0 fully saturated rings. The summed E-state index contributed by atoms with van der Waals surface area (Å²) in [7, 11) is 0. The van der Waals surface area contributed by atoms with Gasteiger partial charge in [-0.25, -0.2) is 0 Å². The monoisotopic (exact) mass is 176 g/mol. The Bertz CT molecular complexity index is 333. The van der Waals surface area contributed by atoms with E-state index in [1.54, 1.807) is 6.20 Å². The SMILES string of the molecule is CC1(c2ccccn2)CN=C(N)N1. The normalized spacial score (nSPS) is 26.7. The van der Waals surface area contributed by atoms with Gasteiger partial charge in [-0.2, -0.15) is 0 Å². The van der Waals surface area contributed by atoms with Crippen LogP contribution in [0.1, 0.15) is 12.6 Å². The van der Waals surface area contributed by atoms with Gasteiger partial charge in [-0.1, -0.05) is 6.07 Å². The fourth-order valence-electron chi connectivity index (χ4n) is 1.44. The van der Waals surface area contributed by atoms with Crippen LogP contribution in [0.2, 0.25) is 0 Å². The lowest BCUT2D eigenvalue weighted by molar-refractivity contribution is 0.465. The Morgan fingerprint density at radius 1 is 1.54 bits per heavy atom. The molecule has 0 aliphatic carbocycles. The largest absolute Gasteiger partial charge is 0.370 e. The number of aromatic nitrogens is 1. The van der Waals surface area contributed by atoms with Crippen molar-refractivity contribution >= 4 is 5.96 Å². The molecule has 1 unspecified atom stereocenters. The summed E-state index contributed by atoms with van der Waals surface area (Å²) in [5, 5.41) is 3.11. The second-order valence-corrected chi connectivity index (χ2v) is 3.37. The summed E-state index contributed by atoms with van der Waals surface area (Å²) in [6, 6.07) is 5.83. The molecule has 1 aromatic rings. The zero-order valence-corrected chi connectivity index (χ0v) is 7.49. The van der Waals surface area contributed by atoms with Gasteiger partial charge in [0.2, 0.25) is 0 Å². The highest BCUT2D eigenvalue weighted by Crippen LogP contribution is 2.21. The van der Waals surface area contributed by atoms with Crippen molar-refractivity contribution in [2.45, 2.75) is 12.5 Å². The van der Waals surface area contributed by atoms with E-state index in [0.717, 1.165) is 5.69 Å². The summed E-state index contributed by atoms with van der Waals surface area (Å²) in [6.45, 7) is 2.69. The van der Waals surface area contributed by atoms with Crippen LogP contribution in [0.5, 0.6) is 0 Å². The van der Waals surface area contributed by atoms with Crippen molar-refractivity contribution in [2.75, 3.05) is 6.54 Å². The Kier molecular flexibility index (Phi) is 1.69. The zero-order chi connectivity index (χ0) is 9.31. The number of rotatable bonds is 1. The van der Waals surface area contributed by atoms with E-state index in [1.807, 2.05) is 25.1 Å². The summed E-state index contributed by atoms with van der Waals surface area (Å²) in [5.74, 6) is 0.494. The maximum absolute atomic E-state index is 5.56. The molecule has 4 nitrogen and oxygen atoms in total. The van der Waals surface area contributed by atoms with Crippen molar-refractivity contribution in [1.82, 2.24) is 10.3 Å². The zero-order valence-electron chi connectivity index (χ0n) is 7.49. The number of nitrogens with two attached hydrogens (primary N) is 1.